The summed E-state index contributed by atoms with van der Waals surface area (Å²) >= 11 is 0. The van der Waals surface area contributed by atoms with Gasteiger partial charge in [0.1, 0.15) is 11.7 Å². The van der Waals surface area contributed by atoms with Gasteiger partial charge in [0, 0.05) is 0 Å². The molecule has 0 fully saturated rings. The van der Waals surface area contributed by atoms with Crippen LogP contribution in [-0.4, -0.2) is 26.8 Å². The molecule has 142 valence electrons. The molecule has 8 nitrogen and oxygen atoms in total. The van der Waals surface area contributed by atoms with Gasteiger partial charge >= 0.3 is 0 Å². The largest absolute Gasteiger partial charge is 0.492 e. The van der Waals surface area contributed by atoms with Crippen molar-refractivity contribution in [3.63, 3.8) is 0 Å². The first kappa shape index (κ1) is 18.7. The Morgan fingerprint density at radius 3 is 2.41 bits per heavy atom. The van der Waals surface area contributed by atoms with Gasteiger partial charge in [0.2, 0.25) is 11.8 Å². The highest BCUT2D eigenvalue weighted by atomic mass is 32.2. The molecule has 0 aliphatic carbocycles. The Morgan fingerprint density at radius 1 is 1.04 bits per heavy atom. The van der Waals surface area contributed by atoms with Crippen LogP contribution < -0.4 is 20.1 Å². The van der Waals surface area contributed by atoms with Crippen molar-refractivity contribution in [1.29, 1.82) is 0 Å². The highest BCUT2D eigenvalue weighted by molar-refractivity contribution is 7.92. The van der Waals surface area contributed by atoms with Crippen molar-refractivity contribution in [3.8, 4) is 5.75 Å². The normalized spacial score (nSPS) is 16.6. The van der Waals surface area contributed by atoms with Gasteiger partial charge in [-0.25, -0.2) is 8.42 Å². The van der Waals surface area contributed by atoms with Crippen LogP contribution in [0.4, 0.5) is 17.1 Å². The number of hydrogen-bond donors (Lipinski definition) is 3. The first-order valence-electron chi connectivity index (χ1n) is 8.32. The SMILES string of the molecule is CCOc1ccccc1NS(=O)(=O)c1ccc2c(c1)NC(=O)C(C)C(=O)N2. The first-order valence-corrected chi connectivity index (χ1v) is 9.80. The predicted molar refractivity (Wildman–Crippen MR) is 101 cm³/mol. The van der Waals surface area contributed by atoms with Crippen molar-refractivity contribution in [3.05, 3.63) is 42.5 Å². The molecule has 2 aromatic rings. The molecule has 1 aliphatic rings. The van der Waals surface area contributed by atoms with Crippen LogP contribution in [0.15, 0.2) is 47.4 Å². The molecule has 2 amide bonds. The highest BCUT2D eigenvalue weighted by Crippen LogP contribution is 2.31. The fourth-order valence-electron chi connectivity index (χ4n) is 2.54. The van der Waals surface area contributed by atoms with Gasteiger partial charge in [-0.2, -0.15) is 0 Å². The van der Waals surface area contributed by atoms with E-state index in [4.69, 9.17) is 4.74 Å². The molecule has 1 atom stereocenters. The van der Waals surface area contributed by atoms with Gasteiger partial charge in [0.25, 0.3) is 10.0 Å². The van der Waals surface area contributed by atoms with Crippen LogP contribution in [-0.2, 0) is 19.6 Å². The molecule has 0 spiro atoms. The van der Waals surface area contributed by atoms with Crippen LogP contribution in [0.3, 0.4) is 0 Å². The Morgan fingerprint density at radius 2 is 1.70 bits per heavy atom. The van der Waals surface area contributed by atoms with E-state index in [1.807, 2.05) is 0 Å². The molecule has 0 saturated heterocycles. The average Bonchev–Trinajstić information content (AvgIpc) is 2.73. The second-order valence-electron chi connectivity index (χ2n) is 5.94. The molecule has 1 unspecified atom stereocenters. The van der Waals surface area contributed by atoms with Crippen molar-refractivity contribution in [1.82, 2.24) is 0 Å². The number of ether oxygens (including phenoxy) is 1. The Bertz CT molecular complexity index is 1000. The monoisotopic (exact) mass is 389 g/mol. The number of benzene rings is 2. The Labute approximate surface area is 157 Å². The summed E-state index contributed by atoms with van der Waals surface area (Å²) in [6, 6.07) is 10.8. The maximum Gasteiger partial charge on any atom is 0.262 e. The van der Waals surface area contributed by atoms with Crippen LogP contribution in [0.5, 0.6) is 5.75 Å². The van der Waals surface area contributed by atoms with E-state index in [1.165, 1.54) is 25.1 Å². The molecule has 2 aromatic carbocycles. The van der Waals surface area contributed by atoms with E-state index in [0.29, 0.717) is 23.7 Å². The third-order valence-corrected chi connectivity index (χ3v) is 5.40. The number of sulfonamides is 1. The number of anilines is 3. The molecular formula is C18H19N3O5S. The smallest absolute Gasteiger partial charge is 0.262 e. The summed E-state index contributed by atoms with van der Waals surface area (Å²) in [5.74, 6) is -1.43. The van der Waals surface area contributed by atoms with Crippen LogP contribution in [0.2, 0.25) is 0 Å². The third-order valence-electron chi connectivity index (χ3n) is 4.03. The lowest BCUT2D eigenvalue weighted by molar-refractivity contribution is -0.128. The van der Waals surface area contributed by atoms with E-state index in [1.54, 1.807) is 31.2 Å². The molecule has 0 aromatic heterocycles. The van der Waals surface area contributed by atoms with E-state index < -0.39 is 27.8 Å². The summed E-state index contributed by atoms with van der Waals surface area (Å²) in [6.45, 7) is 3.66. The van der Waals surface area contributed by atoms with Gasteiger partial charge in [0.15, 0.2) is 0 Å². The number of nitrogens with one attached hydrogen (secondary N) is 3. The molecular weight excluding hydrogens is 370 g/mol. The lowest BCUT2D eigenvalue weighted by Crippen LogP contribution is -2.28. The standard InChI is InChI=1S/C18H19N3O5S/c1-3-26-16-7-5-4-6-14(16)21-27(24,25)12-8-9-13-15(10-12)20-18(23)11(2)17(22)19-13/h4-11,21H,3H2,1-2H3,(H,19,22)(H,20,23). The molecule has 0 bridgehead atoms. The quantitative estimate of drug-likeness (QED) is 0.680. The van der Waals surface area contributed by atoms with Gasteiger partial charge in [-0.1, -0.05) is 12.1 Å². The Hall–Kier alpha value is -3.07. The minimum atomic E-state index is -3.94. The number of hydrogen-bond acceptors (Lipinski definition) is 5. The Balaban J connectivity index is 1.94. The number of amides is 2. The zero-order valence-electron chi connectivity index (χ0n) is 14.8. The van der Waals surface area contributed by atoms with Crippen LogP contribution in [0, 0.1) is 5.92 Å². The summed E-state index contributed by atoms with van der Waals surface area (Å²) in [5, 5.41) is 5.17. The molecule has 0 saturated carbocycles. The van der Waals surface area contributed by atoms with E-state index >= 15 is 0 Å². The minimum Gasteiger partial charge on any atom is -0.492 e. The number of carbonyl (C=O) groups is 2. The molecule has 0 radical (unpaired) electrons. The maximum absolute atomic E-state index is 12.8. The molecule has 1 aliphatic heterocycles. The fraction of sp³-hybridized carbons (Fsp3) is 0.222. The summed E-state index contributed by atoms with van der Waals surface area (Å²) in [6.07, 6.45) is 0. The Kier molecular flexibility index (Phi) is 5.04. The van der Waals surface area contributed by atoms with Gasteiger partial charge in [-0.15, -0.1) is 0 Å². The first-order chi connectivity index (χ1) is 12.8. The number of para-hydroxylation sites is 2. The van der Waals surface area contributed by atoms with Crippen molar-refractivity contribution >= 4 is 38.9 Å². The molecule has 3 N–H and O–H groups in total. The number of fused-ring (bicyclic) bond motifs is 1. The topological polar surface area (TPSA) is 114 Å². The molecule has 27 heavy (non-hydrogen) atoms. The summed E-state index contributed by atoms with van der Waals surface area (Å²) in [4.78, 5) is 23.8. The lowest BCUT2D eigenvalue weighted by Gasteiger charge is -2.14. The summed E-state index contributed by atoms with van der Waals surface area (Å²) in [7, 11) is -3.94. The van der Waals surface area contributed by atoms with E-state index in [-0.39, 0.29) is 10.6 Å². The lowest BCUT2D eigenvalue weighted by atomic mass is 10.1. The third kappa shape index (κ3) is 3.87. The zero-order valence-corrected chi connectivity index (χ0v) is 15.6. The molecule has 3 rings (SSSR count). The van der Waals surface area contributed by atoms with Crippen molar-refractivity contribution in [2.24, 2.45) is 5.92 Å². The fourth-order valence-corrected chi connectivity index (χ4v) is 3.64. The second-order valence-corrected chi connectivity index (χ2v) is 7.62. The summed E-state index contributed by atoms with van der Waals surface area (Å²) < 4.78 is 33.5. The summed E-state index contributed by atoms with van der Waals surface area (Å²) in [5.41, 5.74) is 0.866. The molecule has 1 heterocycles. The predicted octanol–water partition coefficient (Wildman–Crippen LogP) is 2.41. The van der Waals surface area contributed by atoms with Crippen molar-refractivity contribution < 1.29 is 22.7 Å². The van der Waals surface area contributed by atoms with Crippen LogP contribution in [0.1, 0.15) is 13.8 Å². The van der Waals surface area contributed by atoms with Gasteiger partial charge in [-0.3, -0.25) is 14.3 Å². The van der Waals surface area contributed by atoms with Crippen LogP contribution >= 0.6 is 0 Å². The highest BCUT2D eigenvalue weighted by Gasteiger charge is 2.28. The van der Waals surface area contributed by atoms with Gasteiger partial charge in [0.05, 0.1) is 28.6 Å². The number of carbonyl (C=O) groups excluding carboxylic acids is 2. The van der Waals surface area contributed by atoms with E-state index in [2.05, 4.69) is 15.4 Å². The van der Waals surface area contributed by atoms with Crippen molar-refractivity contribution in [2.75, 3.05) is 22.0 Å². The second kappa shape index (κ2) is 7.28. The van der Waals surface area contributed by atoms with Crippen molar-refractivity contribution in [2.45, 2.75) is 18.7 Å². The molecule has 9 heteroatoms. The zero-order chi connectivity index (χ0) is 19.6. The van der Waals surface area contributed by atoms with Crippen LogP contribution in [0.25, 0.3) is 0 Å². The maximum atomic E-state index is 12.8. The van der Waals surface area contributed by atoms with E-state index in [0.717, 1.165) is 0 Å². The van der Waals surface area contributed by atoms with E-state index in [9.17, 15) is 18.0 Å². The van der Waals surface area contributed by atoms with Gasteiger partial charge in [-0.05, 0) is 44.2 Å². The number of rotatable bonds is 5. The minimum absolute atomic E-state index is 0.0587. The average molecular weight is 389 g/mol. The van der Waals surface area contributed by atoms with Gasteiger partial charge < -0.3 is 15.4 Å².